The van der Waals surface area contributed by atoms with E-state index in [9.17, 15) is 9.59 Å². The van der Waals surface area contributed by atoms with Crippen LogP contribution >= 0.6 is 11.3 Å². The largest absolute Gasteiger partial charge is 0.350 e. The van der Waals surface area contributed by atoms with Crippen LogP contribution in [0.5, 0.6) is 0 Å². The number of pyridine rings is 1. The lowest BCUT2D eigenvalue weighted by atomic mass is 9.82. The fraction of sp³-hybridized carbons (Fsp3) is 0.412. The van der Waals surface area contributed by atoms with Crippen molar-refractivity contribution in [2.45, 2.75) is 30.7 Å². The first-order valence-corrected chi connectivity index (χ1v) is 9.01. The van der Waals surface area contributed by atoms with Crippen LogP contribution in [0.4, 0.5) is 0 Å². The van der Waals surface area contributed by atoms with E-state index in [4.69, 9.17) is 0 Å². The van der Waals surface area contributed by atoms with Gasteiger partial charge in [0.05, 0.1) is 11.4 Å². The Bertz CT molecular complexity index is 739. The number of nitrogens with one attached hydrogen (secondary N) is 1. The summed E-state index contributed by atoms with van der Waals surface area (Å²) in [6, 6.07) is 3.82. The fourth-order valence-corrected chi connectivity index (χ4v) is 4.21. The molecule has 2 aliphatic heterocycles. The van der Waals surface area contributed by atoms with Crippen LogP contribution in [0.3, 0.4) is 0 Å². The van der Waals surface area contributed by atoms with E-state index in [0.717, 1.165) is 24.8 Å². The van der Waals surface area contributed by atoms with Gasteiger partial charge in [0.15, 0.2) is 0 Å². The molecule has 4 rings (SSSR count). The molecule has 1 spiro atoms. The highest BCUT2D eigenvalue weighted by atomic mass is 32.1. The van der Waals surface area contributed by atoms with Gasteiger partial charge in [-0.1, -0.05) is 6.07 Å². The lowest BCUT2D eigenvalue weighted by Crippen LogP contribution is -2.52. The summed E-state index contributed by atoms with van der Waals surface area (Å²) in [5, 5.41) is 4.97. The highest BCUT2D eigenvalue weighted by molar-refractivity contribution is 7.07. The van der Waals surface area contributed by atoms with E-state index < -0.39 is 0 Å². The molecule has 2 saturated heterocycles. The maximum Gasteiger partial charge on any atom is 0.273 e. The van der Waals surface area contributed by atoms with Gasteiger partial charge in [-0.2, -0.15) is 0 Å². The summed E-state index contributed by atoms with van der Waals surface area (Å²) in [5.74, 6) is -0.0824. The number of hydrogen-bond donors (Lipinski definition) is 1. The Morgan fingerprint density at radius 2 is 2.21 bits per heavy atom. The van der Waals surface area contributed by atoms with E-state index in [2.05, 4.69) is 15.3 Å². The normalized spacial score (nSPS) is 22.6. The fourth-order valence-electron chi connectivity index (χ4n) is 3.68. The molecule has 0 radical (unpaired) electrons. The third kappa shape index (κ3) is 2.69. The summed E-state index contributed by atoms with van der Waals surface area (Å²) in [6.45, 7) is 1.30. The number of amides is 2. The zero-order valence-corrected chi connectivity index (χ0v) is 14.0. The zero-order chi connectivity index (χ0) is 16.6. The highest BCUT2D eigenvalue weighted by Crippen LogP contribution is 2.39. The predicted molar refractivity (Wildman–Crippen MR) is 89.7 cm³/mol. The van der Waals surface area contributed by atoms with Gasteiger partial charge in [0.1, 0.15) is 5.69 Å². The maximum absolute atomic E-state index is 12.4. The van der Waals surface area contributed by atoms with Gasteiger partial charge in [-0.05, 0) is 30.9 Å². The molecule has 7 heteroatoms. The van der Waals surface area contributed by atoms with Crippen LogP contribution in [-0.2, 0) is 4.79 Å². The first-order valence-electron chi connectivity index (χ1n) is 8.06. The number of aromatic nitrogens is 2. The van der Waals surface area contributed by atoms with Crippen molar-refractivity contribution in [1.29, 1.82) is 0 Å². The lowest BCUT2D eigenvalue weighted by molar-refractivity contribution is -0.121. The molecular formula is C17H18N4O2S. The molecule has 4 heterocycles. The minimum absolute atomic E-state index is 0.0146. The van der Waals surface area contributed by atoms with Crippen molar-refractivity contribution >= 4 is 23.2 Å². The molecule has 1 atom stereocenters. The van der Waals surface area contributed by atoms with Crippen molar-refractivity contribution in [2.24, 2.45) is 0 Å². The third-order valence-corrected chi connectivity index (χ3v) is 5.63. The van der Waals surface area contributed by atoms with Crippen LogP contribution in [0.25, 0.3) is 0 Å². The van der Waals surface area contributed by atoms with Gasteiger partial charge in [0.25, 0.3) is 5.91 Å². The molecule has 0 bridgehead atoms. The summed E-state index contributed by atoms with van der Waals surface area (Å²) < 4.78 is 0. The average molecular weight is 342 g/mol. The molecule has 2 amide bonds. The minimum atomic E-state index is -0.198. The lowest BCUT2D eigenvalue weighted by Gasteiger charge is -2.39. The van der Waals surface area contributed by atoms with E-state index in [-0.39, 0.29) is 23.3 Å². The molecule has 2 aliphatic rings. The maximum atomic E-state index is 12.4. The second kappa shape index (κ2) is 5.98. The van der Waals surface area contributed by atoms with Crippen LogP contribution in [0.2, 0.25) is 0 Å². The van der Waals surface area contributed by atoms with Crippen molar-refractivity contribution < 1.29 is 9.59 Å². The Kier molecular flexibility index (Phi) is 3.80. The monoisotopic (exact) mass is 342 g/mol. The molecule has 0 saturated carbocycles. The smallest absolute Gasteiger partial charge is 0.273 e. The molecule has 1 N–H and O–H groups in total. The Hall–Kier alpha value is -2.28. The Labute approximate surface area is 143 Å². The number of likely N-dealkylation sites (tertiary alicyclic amines) is 1. The van der Waals surface area contributed by atoms with Gasteiger partial charge in [-0.3, -0.25) is 14.6 Å². The molecule has 2 aromatic heterocycles. The van der Waals surface area contributed by atoms with E-state index in [1.165, 1.54) is 11.3 Å². The van der Waals surface area contributed by atoms with Gasteiger partial charge in [-0.15, -0.1) is 11.3 Å². The van der Waals surface area contributed by atoms with Crippen molar-refractivity contribution in [3.8, 4) is 0 Å². The number of nitrogens with zero attached hydrogens (tertiary/aromatic N) is 3. The molecule has 2 fully saturated rings. The number of hydrogen-bond acceptors (Lipinski definition) is 5. The van der Waals surface area contributed by atoms with Crippen LogP contribution in [0, 0.1) is 0 Å². The molecule has 24 heavy (non-hydrogen) atoms. The van der Waals surface area contributed by atoms with Crippen molar-refractivity contribution in [3.05, 3.63) is 46.7 Å². The number of piperidine rings is 1. The SMILES string of the molecule is O=C1NC2(CCN(C(=O)c3cscn3)CC2)C[C@H]1c1cccnc1. The number of carbonyl (C=O) groups excluding carboxylic acids is 2. The topological polar surface area (TPSA) is 75.2 Å². The van der Waals surface area contributed by atoms with Crippen LogP contribution < -0.4 is 5.32 Å². The summed E-state index contributed by atoms with van der Waals surface area (Å²) in [6.07, 6.45) is 5.83. The van der Waals surface area contributed by atoms with Gasteiger partial charge in [-0.25, -0.2) is 4.98 Å². The van der Waals surface area contributed by atoms with Crippen LogP contribution in [0.15, 0.2) is 35.4 Å². The first kappa shape index (κ1) is 15.3. The summed E-state index contributed by atoms with van der Waals surface area (Å²) in [4.78, 5) is 34.9. The zero-order valence-electron chi connectivity index (χ0n) is 13.1. The van der Waals surface area contributed by atoms with Gasteiger partial charge < -0.3 is 10.2 Å². The second-order valence-corrected chi connectivity index (χ2v) is 7.20. The van der Waals surface area contributed by atoms with Crippen molar-refractivity contribution in [1.82, 2.24) is 20.2 Å². The van der Waals surface area contributed by atoms with E-state index in [1.54, 1.807) is 23.3 Å². The Balaban J connectivity index is 1.44. The third-order valence-electron chi connectivity index (χ3n) is 5.05. The van der Waals surface area contributed by atoms with Gasteiger partial charge in [0, 0.05) is 36.4 Å². The average Bonchev–Trinajstić information content (AvgIpc) is 3.25. The summed E-state index contributed by atoms with van der Waals surface area (Å²) in [5.41, 5.74) is 2.96. The number of carbonyl (C=O) groups is 2. The predicted octanol–water partition coefficient (Wildman–Crippen LogP) is 1.82. The van der Waals surface area contributed by atoms with Crippen LogP contribution in [0.1, 0.15) is 41.2 Å². The molecule has 0 unspecified atom stereocenters. The number of thiazole rings is 1. The first-order chi connectivity index (χ1) is 11.7. The van der Waals surface area contributed by atoms with E-state index >= 15 is 0 Å². The van der Waals surface area contributed by atoms with Crippen molar-refractivity contribution in [2.75, 3.05) is 13.1 Å². The van der Waals surface area contributed by atoms with Crippen molar-refractivity contribution in [3.63, 3.8) is 0 Å². The second-order valence-electron chi connectivity index (χ2n) is 6.48. The quantitative estimate of drug-likeness (QED) is 0.903. The van der Waals surface area contributed by atoms with E-state index in [0.29, 0.717) is 18.8 Å². The molecule has 6 nitrogen and oxygen atoms in total. The Morgan fingerprint density at radius 1 is 1.38 bits per heavy atom. The molecule has 0 aromatic carbocycles. The molecule has 0 aliphatic carbocycles. The van der Waals surface area contributed by atoms with E-state index in [1.807, 2.05) is 17.0 Å². The molecule has 2 aromatic rings. The van der Waals surface area contributed by atoms with Gasteiger partial charge in [0.2, 0.25) is 5.91 Å². The molecular weight excluding hydrogens is 324 g/mol. The summed E-state index contributed by atoms with van der Waals surface area (Å²) >= 11 is 1.43. The standard InChI is InChI=1S/C17H18N4O2S/c22-15-13(12-2-1-5-18-9-12)8-17(20-15)3-6-21(7-4-17)16(23)14-10-24-11-19-14/h1-2,5,9-11,13H,3-4,6-8H2,(H,20,22)/t13-/m0/s1. The minimum Gasteiger partial charge on any atom is -0.350 e. The molecule has 124 valence electrons. The van der Waals surface area contributed by atoms with Gasteiger partial charge >= 0.3 is 0 Å². The summed E-state index contributed by atoms with van der Waals surface area (Å²) in [7, 11) is 0. The van der Waals surface area contributed by atoms with Crippen LogP contribution in [-0.4, -0.2) is 45.3 Å². The Morgan fingerprint density at radius 3 is 2.88 bits per heavy atom. The highest BCUT2D eigenvalue weighted by Gasteiger charge is 2.46. The number of rotatable bonds is 2.